The zero-order chi connectivity index (χ0) is 13.5. The van der Waals surface area contributed by atoms with Gasteiger partial charge in [0, 0.05) is 11.7 Å². The lowest BCUT2D eigenvalue weighted by atomic mass is 10.1. The van der Waals surface area contributed by atoms with Crippen molar-refractivity contribution in [2.24, 2.45) is 0 Å². The first-order valence-electron chi connectivity index (χ1n) is 6.22. The van der Waals surface area contributed by atoms with E-state index in [1.165, 1.54) is 0 Å². The summed E-state index contributed by atoms with van der Waals surface area (Å²) in [5, 5.41) is 12.4. The van der Waals surface area contributed by atoms with E-state index in [-0.39, 0.29) is 0 Å². The molecule has 0 saturated carbocycles. The Morgan fingerprint density at radius 3 is 2.78 bits per heavy atom. The molecule has 0 aliphatic carbocycles. The van der Waals surface area contributed by atoms with E-state index in [0.29, 0.717) is 11.6 Å². The summed E-state index contributed by atoms with van der Waals surface area (Å²) in [4.78, 5) is 10.9. The van der Waals surface area contributed by atoms with Crippen LogP contribution in [0.5, 0.6) is 0 Å². The van der Waals surface area contributed by atoms with Crippen LogP contribution in [-0.4, -0.2) is 28.6 Å². The van der Waals surface area contributed by atoms with Gasteiger partial charge in [0.15, 0.2) is 0 Å². The molecule has 4 heteroatoms. The second-order valence-electron chi connectivity index (χ2n) is 4.37. The van der Waals surface area contributed by atoms with Crippen molar-refractivity contribution in [2.75, 3.05) is 16.8 Å². The number of anilines is 1. The number of hydrogen-bond donors (Lipinski definition) is 2. The Hall–Kier alpha value is -1.16. The number of aryl methyl sites for hydroxylation is 1. The van der Waals surface area contributed by atoms with Crippen LogP contribution in [0.3, 0.4) is 0 Å². The van der Waals surface area contributed by atoms with E-state index in [4.69, 9.17) is 5.11 Å². The Bertz CT molecular complexity index is 407. The minimum absolute atomic E-state index is 0.370. The first kappa shape index (κ1) is 14.9. The molecule has 0 aliphatic rings. The third-order valence-electron chi connectivity index (χ3n) is 2.77. The summed E-state index contributed by atoms with van der Waals surface area (Å²) >= 11 is 1.94. The van der Waals surface area contributed by atoms with E-state index in [9.17, 15) is 4.79 Å². The summed E-state index contributed by atoms with van der Waals surface area (Å²) in [6.45, 7) is 6.14. The van der Waals surface area contributed by atoms with Gasteiger partial charge in [-0.25, -0.2) is 4.79 Å². The first-order valence-corrected chi connectivity index (χ1v) is 7.38. The van der Waals surface area contributed by atoms with Gasteiger partial charge in [-0.15, -0.1) is 0 Å². The van der Waals surface area contributed by atoms with Gasteiger partial charge in [-0.1, -0.05) is 6.92 Å². The number of carboxylic acids is 1. The third kappa shape index (κ3) is 4.61. The zero-order valence-electron chi connectivity index (χ0n) is 11.2. The summed E-state index contributed by atoms with van der Waals surface area (Å²) in [5.74, 6) is 1.43. The van der Waals surface area contributed by atoms with Crippen LogP contribution >= 0.6 is 11.8 Å². The molecule has 1 aromatic rings. The van der Waals surface area contributed by atoms with Crippen molar-refractivity contribution in [1.29, 1.82) is 0 Å². The molecule has 0 radical (unpaired) electrons. The average molecular weight is 267 g/mol. The predicted octanol–water partition coefficient (Wildman–Crippen LogP) is 3.64. The number of hydrogen-bond acceptors (Lipinski definition) is 3. The van der Waals surface area contributed by atoms with Crippen molar-refractivity contribution < 1.29 is 9.90 Å². The van der Waals surface area contributed by atoms with Crippen LogP contribution in [0.25, 0.3) is 0 Å². The van der Waals surface area contributed by atoms with Gasteiger partial charge in [-0.3, -0.25) is 0 Å². The monoisotopic (exact) mass is 267 g/mol. The van der Waals surface area contributed by atoms with Crippen molar-refractivity contribution >= 4 is 23.4 Å². The second kappa shape index (κ2) is 7.31. The van der Waals surface area contributed by atoms with Crippen LogP contribution in [0.15, 0.2) is 18.2 Å². The highest BCUT2D eigenvalue weighted by Crippen LogP contribution is 2.17. The van der Waals surface area contributed by atoms with E-state index in [1.807, 2.05) is 30.8 Å². The quantitative estimate of drug-likeness (QED) is 0.741. The number of nitrogens with one attached hydrogen (secondary N) is 1. The number of aromatic carboxylic acids is 1. The maximum Gasteiger partial charge on any atom is 0.335 e. The van der Waals surface area contributed by atoms with Crippen LogP contribution in [0.2, 0.25) is 0 Å². The summed E-state index contributed by atoms with van der Waals surface area (Å²) in [6, 6.07) is 5.79. The molecule has 0 aliphatic heterocycles. The summed E-state index contributed by atoms with van der Waals surface area (Å²) in [6.07, 6.45) is 1.11. The fourth-order valence-electron chi connectivity index (χ4n) is 1.75. The number of thioether (sulfide) groups is 1. The predicted molar refractivity (Wildman–Crippen MR) is 78.8 cm³/mol. The molecule has 0 spiro atoms. The van der Waals surface area contributed by atoms with Gasteiger partial charge in [0.2, 0.25) is 0 Å². The van der Waals surface area contributed by atoms with Crippen LogP contribution < -0.4 is 5.32 Å². The van der Waals surface area contributed by atoms with E-state index >= 15 is 0 Å². The largest absolute Gasteiger partial charge is 0.478 e. The molecule has 3 nitrogen and oxygen atoms in total. The zero-order valence-corrected chi connectivity index (χ0v) is 12.0. The lowest BCUT2D eigenvalue weighted by Crippen LogP contribution is -2.16. The summed E-state index contributed by atoms with van der Waals surface area (Å²) < 4.78 is 0. The number of carboxylic acid groups (broad SMARTS) is 1. The standard InChI is InChI=1S/C14H21NO2S/c1-4-18-8-7-11(3)15-12-5-6-13(14(16)17)10(2)9-12/h5-6,9,11,15H,4,7-8H2,1-3H3,(H,16,17). The average Bonchev–Trinajstić information content (AvgIpc) is 2.28. The molecule has 0 bridgehead atoms. The highest BCUT2D eigenvalue weighted by atomic mass is 32.2. The van der Waals surface area contributed by atoms with Crippen LogP contribution in [0, 0.1) is 6.92 Å². The molecule has 0 fully saturated rings. The second-order valence-corrected chi connectivity index (χ2v) is 5.76. The minimum atomic E-state index is -0.869. The van der Waals surface area contributed by atoms with Crippen molar-refractivity contribution in [3.8, 4) is 0 Å². The Balaban J connectivity index is 2.57. The van der Waals surface area contributed by atoms with E-state index in [1.54, 1.807) is 6.07 Å². The van der Waals surface area contributed by atoms with Crippen molar-refractivity contribution in [2.45, 2.75) is 33.2 Å². The Kier molecular flexibility index (Phi) is 6.05. The molecule has 0 aromatic heterocycles. The number of carbonyl (C=O) groups is 1. The van der Waals surface area contributed by atoms with Crippen molar-refractivity contribution in [3.05, 3.63) is 29.3 Å². The van der Waals surface area contributed by atoms with Gasteiger partial charge >= 0.3 is 5.97 Å². The lowest BCUT2D eigenvalue weighted by Gasteiger charge is -2.15. The fraction of sp³-hybridized carbons (Fsp3) is 0.500. The van der Waals surface area contributed by atoms with Crippen LogP contribution in [-0.2, 0) is 0 Å². The molecule has 1 rings (SSSR count). The third-order valence-corrected chi connectivity index (χ3v) is 3.70. The summed E-state index contributed by atoms with van der Waals surface area (Å²) in [5.41, 5.74) is 2.16. The van der Waals surface area contributed by atoms with Gasteiger partial charge in [-0.05, 0) is 55.5 Å². The molecular formula is C14H21NO2S. The van der Waals surface area contributed by atoms with Gasteiger partial charge in [-0.2, -0.15) is 11.8 Å². The Morgan fingerprint density at radius 2 is 2.22 bits per heavy atom. The molecule has 2 N–H and O–H groups in total. The molecule has 18 heavy (non-hydrogen) atoms. The maximum absolute atomic E-state index is 10.9. The van der Waals surface area contributed by atoms with Crippen LogP contribution in [0.4, 0.5) is 5.69 Å². The molecular weight excluding hydrogens is 246 g/mol. The number of rotatable bonds is 7. The fourth-order valence-corrected chi connectivity index (χ4v) is 2.56. The highest BCUT2D eigenvalue weighted by molar-refractivity contribution is 7.99. The van der Waals surface area contributed by atoms with Crippen molar-refractivity contribution in [1.82, 2.24) is 0 Å². The topological polar surface area (TPSA) is 49.3 Å². The SMILES string of the molecule is CCSCCC(C)Nc1ccc(C(=O)O)c(C)c1. The minimum Gasteiger partial charge on any atom is -0.478 e. The Labute approximate surface area is 113 Å². The van der Waals surface area contributed by atoms with E-state index in [2.05, 4.69) is 19.2 Å². The molecule has 1 aromatic carbocycles. The normalized spacial score (nSPS) is 12.2. The molecule has 0 heterocycles. The van der Waals surface area contributed by atoms with Crippen LogP contribution in [0.1, 0.15) is 36.2 Å². The molecule has 0 amide bonds. The highest BCUT2D eigenvalue weighted by Gasteiger charge is 2.08. The van der Waals surface area contributed by atoms with Gasteiger partial charge < -0.3 is 10.4 Å². The number of benzene rings is 1. The van der Waals surface area contributed by atoms with Gasteiger partial charge in [0.1, 0.15) is 0 Å². The Morgan fingerprint density at radius 1 is 1.50 bits per heavy atom. The van der Waals surface area contributed by atoms with E-state index < -0.39 is 5.97 Å². The summed E-state index contributed by atoms with van der Waals surface area (Å²) in [7, 11) is 0. The molecule has 1 atom stereocenters. The van der Waals surface area contributed by atoms with E-state index in [0.717, 1.165) is 29.2 Å². The molecule has 100 valence electrons. The van der Waals surface area contributed by atoms with Gasteiger partial charge in [0.05, 0.1) is 5.56 Å². The first-order chi connectivity index (χ1) is 8.54. The maximum atomic E-state index is 10.9. The smallest absolute Gasteiger partial charge is 0.335 e. The van der Waals surface area contributed by atoms with Gasteiger partial charge in [0.25, 0.3) is 0 Å². The lowest BCUT2D eigenvalue weighted by molar-refractivity contribution is 0.0696. The molecule has 0 saturated heterocycles. The molecule has 1 unspecified atom stereocenters. The van der Waals surface area contributed by atoms with Crippen molar-refractivity contribution in [3.63, 3.8) is 0 Å².